The average molecular weight is 320 g/mol. The molecule has 6 heteroatoms. The molecule has 0 aliphatic rings. The van der Waals surface area contributed by atoms with E-state index in [9.17, 15) is 18.7 Å². The molecule has 2 amide bonds. The molecule has 2 aromatic rings. The Hall–Kier alpha value is -2.47. The second kappa shape index (κ2) is 7.19. The molecular weight excluding hydrogens is 302 g/mol. The van der Waals surface area contributed by atoms with Crippen LogP contribution in [0.4, 0.5) is 19.3 Å². The van der Waals surface area contributed by atoms with E-state index in [-0.39, 0.29) is 12.1 Å². The molecule has 0 aliphatic carbocycles. The summed E-state index contributed by atoms with van der Waals surface area (Å²) in [6, 6.07) is 7.84. The number of benzene rings is 2. The maximum atomic E-state index is 13.5. The minimum atomic E-state index is -1.26. The SMILES string of the molecule is Cc1ccc(NC(=O)NC[C@@H](O)c2ccc(F)cc2F)cc1C. The number of carbonyl (C=O) groups excluding carboxylic acids is 1. The van der Waals surface area contributed by atoms with E-state index in [0.29, 0.717) is 11.8 Å². The Balaban J connectivity index is 1.91. The number of amides is 2. The number of aliphatic hydroxyl groups excluding tert-OH is 1. The van der Waals surface area contributed by atoms with Crippen LogP contribution in [-0.2, 0) is 0 Å². The van der Waals surface area contributed by atoms with Crippen LogP contribution in [-0.4, -0.2) is 17.7 Å². The largest absolute Gasteiger partial charge is 0.386 e. The molecular formula is C17H18F2N2O2. The molecule has 3 N–H and O–H groups in total. The van der Waals surface area contributed by atoms with Crippen molar-refractivity contribution in [3.05, 3.63) is 64.7 Å². The topological polar surface area (TPSA) is 61.4 Å². The van der Waals surface area contributed by atoms with E-state index in [1.165, 1.54) is 0 Å². The predicted molar refractivity (Wildman–Crippen MR) is 84.3 cm³/mol. The van der Waals surface area contributed by atoms with Crippen molar-refractivity contribution in [1.29, 1.82) is 0 Å². The van der Waals surface area contributed by atoms with Crippen LogP contribution in [0.3, 0.4) is 0 Å². The zero-order valence-corrected chi connectivity index (χ0v) is 12.9. The third kappa shape index (κ3) is 4.50. The number of rotatable bonds is 4. The van der Waals surface area contributed by atoms with Crippen LogP contribution in [0.5, 0.6) is 0 Å². The molecule has 0 radical (unpaired) electrons. The minimum absolute atomic E-state index is 0.0714. The molecule has 0 unspecified atom stereocenters. The highest BCUT2D eigenvalue weighted by Gasteiger charge is 2.14. The van der Waals surface area contributed by atoms with E-state index in [1.54, 1.807) is 6.07 Å². The van der Waals surface area contributed by atoms with Gasteiger partial charge in [0.1, 0.15) is 11.6 Å². The molecule has 0 bridgehead atoms. The number of hydrogen-bond donors (Lipinski definition) is 3. The standard InChI is InChI=1S/C17H18F2N2O2/c1-10-3-5-13(7-11(10)2)21-17(23)20-9-16(22)14-6-4-12(18)8-15(14)19/h3-8,16,22H,9H2,1-2H3,(H2,20,21,23)/t16-/m1/s1. The number of hydrogen-bond acceptors (Lipinski definition) is 2. The first-order chi connectivity index (χ1) is 10.9. The van der Waals surface area contributed by atoms with Gasteiger partial charge in [-0.1, -0.05) is 12.1 Å². The van der Waals surface area contributed by atoms with Crippen LogP contribution < -0.4 is 10.6 Å². The van der Waals surface area contributed by atoms with Crippen molar-refractivity contribution in [3.8, 4) is 0 Å². The lowest BCUT2D eigenvalue weighted by molar-refractivity contribution is 0.170. The molecule has 0 aromatic heterocycles. The number of aliphatic hydroxyl groups is 1. The quantitative estimate of drug-likeness (QED) is 0.808. The molecule has 1 atom stereocenters. The van der Waals surface area contributed by atoms with Gasteiger partial charge in [-0.25, -0.2) is 13.6 Å². The number of urea groups is 1. The van der Waals surface area contributed by atoms with Gasteiger partial charge in [-0.15, -0.1) is 0 Å². The Morgan fingerprint density at radius 3 is 2.52 bits per heavy atom. The summed E-state index contributed by atoms with van der Waals surface area (Å²) in [5.41, 5.74) is 2.69. The van der Waals surface area contributed by atoms with Crippen molar-refractivity contribution < 1.29 is 18.7 Å². The van der Waals surface area contributed by atoms with Crippen LogP contribution in [0.15, 0.2) is 36.4 Å². The molecule has 0 saturated heterocycles. The summed E-state index contributed by atoms with van der Waals surface area (Å²) < 4.78 is 26.4. The summed E-state index contributed by atoms with van der Waals surface area (Å²) in [4.78, 5) is 11.8. The summed E-state index contributed by atoms with van der Waals surface area (Å²) >= 11 is 0. The zero-order chi connectivity index (χ0) is 17.0. The molecule has 0 fully saturated rings. The molecule has 2 rings (SSSR count). The Morgan fingerprint density at radius 2 is 1.87 bits per heavy atom. The third-order valence-electron chi connectivity index (χ3n) is 3.54. The highest BCUT2D eigenvalue weighted by Crippen LogP contribution is 2.18. The van der Waals surface area contributed by atoms with Gasteiger partial charge < -0.3 is 15.7 Å². The Bertz CT molecular complexity index is 720. The molecule has 0 spiro atoms. The number of nitrogens with one attached hydrogen (secondary N) is 2. The van der Waals surface area contributed by atoms with Crippen molar-refractivity contribution in [2.24, 2.45) is 0 Å². The van der Waals surface area contributed by atoms with Gasteiger partial charge >= 0.3 is 6.03 Å². The van der Waals surface area contributed by atoms with E-state index in [4.69, 9.17) is 0 Å². The van der Waals surface area contributed by atoms with Crippen LogP contribution in [0, 0.1) is 25.5 Å². The number of aryl methyl sites for hydroxylation is 2. The molecule has 0 saturated carbocycles. The Labute approximate surface area is 133 Å². The summed E-state index contributed by atoms with van der Waals surface area (Å²) in [6.07, 6.45) is -1.26. The fourth-order valence-electron chi connectivity index (χ4n) is 2.07. The molecule has 23 heavy (non-hydrogen) atoms. The predicted octanol–water partition coefficient (Wildman–Crippen LogP) is 3.44. The highest BCUT2D eigenvalue weighted by molar-refractivity contribution is 5.89. The van der Waals surface area contributed by atoms with E-state index < -0.39 is 23.8 Å². The van der Waals surface area contributed by atoms with Gasteiger partial charge in [0.25, 0.3) is 0 Å². The Morgan fingerprint density at radius 1 is 1.13 bits per heavy atom. The van der Waals surface area contributed by atoms with Gasteiger partial charge in [0, 0.05) is 23.9 Å². The normalized spacial score (nSPS) is 11.9. The fourth-order valence-corrected chi connectivity index (χ4v) is 2.07. The van der Waals surface area contributed by atoms with Gasteiger partial charge in [-0.3, -0.25) is 0 Å². The second-order valence-electron chi connectivity index (χ2n) is 5.32. The van der Waals surface area contributed by atoms with E-state index in [2.05, 4.69) is 10.6 Å². The monoisotopic (exact) mass is 320 g/mol. The summed E-state index contributed by atoms with van der Waals surface area (Å²) in [5, 5.41) is 15.0. The van der Waals surface area contributed by atoms with Crippen LogP contribution >= 0.6 is 0 Å². The summed E-state index contributed by atoms with van der Waals surface area (Å²) in [6.45, 7) is 3.70. The lowest BCUT2D eigenvalue weighted by Crippen LogP contribution is -2.32. The van der Waals surface area contributed by atoms with Gasteiger partial charge in [0.2, 0.25) is 0 Å². The first-order valence-corrected chi connectivity index (χ1v) is 7.12. The Kier molecular flexibility index (Phi) is 5.28. The molecule has 0 heterocycles. The van der Waals surface area contributed by atoms with E-state index >= 15 is 0 Å². The number of anilines is 1. The summed E-state index contributed by atoms with van der Waals surface area (Å²) in [5.74, 6) is -1.58. The first-order valence-electron chi connectivity index (χ1n) is 7.12. The zero-order valence-electron chi connectivity index (χ0n) is 12.9. The van der Waals surface area contributed by atoms with Crippen molar-refractivity contribution in [2.45, 2.75) is 20.0 Å². The van der Waals surface area contributed by atoms with Crippen molar-refractivity contribution in [3.63, 3.8) is 0 Å². The number of halogens is 2. The summed E-state index contributed by atoms with van der Waals surface area (Å²) in [7, 11) is 0. The van der Waals surface area contributed by atoms with Crippen LogP contribution in [0.25, 0.3) is 0 Å². The van der Waals surface area contributed by atoms with Gasteiger partial charge in [0.15, 0.2) is 0 Å². The lowest BCUT2D eigenvalue weighted by Gasteiger charge is -2.14. The van der Waals surface area contributed by atoms with E-state index in [0.717, 1.165) is 23.3 Å². The van der Waals surface area contributed by atoms with Crippen LogP contribution in [0.1, 0.15) is 22.8 Å². The molecule has 4 nitrogen and oxygen atoms in total. The van der Waals surface area contributed by atoms with Gasteiger partial charge in [-0.2, -0.15) is 0 Å². The highest BCUT2D eigenvalue weighted by atomic mass is 19.1. The van der Waals surface area contributed by atoms with Crippen LogP contribution in [0.2, 0.25) is 0 Å². The average Bonchev–Trinajstić information content (AvgIpc) is 2.48. The molecule has 2 aromatic carbocycles. The van der Waals surface area contributed by atoms with Crippen molar-refractivity contribution >= 4 is 11.7 Å². The maximum Gasteiger partial charge on any atom is 0.319 e. The second-order valence-corrected chi connectivity index (χ2v) is 5.32. The van der Waals surface area contributed by atoms with Gasteiger partial charge in [0.05, 0.1) is 6.10 Å². The van der Waals surface area contributed by atoms with Gasteiger partial charge in [-0.05, 0) is 43.2 Å². The van der Waals surface area contributed by atoms with Crippen molar-refractivity contribution in [2.75, 3.05) is 11.9 Å². The molecule has 122 valence electrons. The number of carbonyl (C=O) groups is 1. The van der Waals surface area contributed by atoms with Crippen molar-refractivity contribution in [1.82, 2.24) is 5.32 Å². The smallest absolute Gasteiger partial charge is 0.319 e. The maximum absolute atomic E-state index is 13.5. The third-order valence-corrected chi connectivity index (χ3v) is 3.54. The first kappa shape index (κ1) is 16.9. The molecule has 0 aliphatic heterocycles. The van der Waals surface area contributed by atoms with E-state index in [1.807, 2.05) is 26.0 Å². The fraction of sp³-hybridized carbons (Fsp3) is 0.235. The lowest BCUT2D eigenvalue weighted by atomic mass is 10.1. The minimum Gasteiger partial charge on any atom is -0.386 e.